The highest BCUT2D eigenvalue weighted by Gasteiger charge is 2.23. The van der Waals surface area contributed by atoms with E-state index in [2.05, 4.69) is 23.6 Å². The van der Waals surface area contributed by atoms with Crippen molar-refractivity contribution in [3.63, 3.8) is 0 Å². The molecule has 0 saturated heterocycles. The van der Waals surface area contributed by atoms with Gasteiger partial charge >= 0.3 is 11.9 Å². The van der Waals surface area contributed by atoms with Crippen molar-refractivity contribution in [3.05, 3.63) is 59.7 Å². The zero-order chi connectivity index (χ0) is 28.7. The van der Waals surface area contributed by atoms with Gasteiger partial charge in [-0.05, 0) is 35.4 Å². The zero-order valence-electron chi connectivity index (χ0n) is 22.9. The van der Waals surface area contributed by atoms with Crippen LogP contribution in [0.15, 0.2) is 48.5 Å². The molecule has 0 aliphatic heterocycles. The maximum absolute atomic E-state index is 11.2. The second-order valence-electron chi connectivity index (χ2n) is 9.02. The van der Waals surface area contributed by atoms with Gasteiger partial charge in [0.15, 0.2) is 0 Å². The molecule has 0 aromatic heterocycles. The largest absolute Gasteiger partial charge is 0.494 e. The molecular weight excluding hydrogens is 508 g/mol. The molecule has 0 aliphatic carbocycles. The quantitative estimate of drug-likeness (QED) is 0.115. The van der Waals surface area contributed by atoms with Crippen molar-refractivity contribution >= 4 is 23.5 Å². The van der Waals surface area contributed by atoms with E-state index in [1.807, 2.05) is 48.5 Å². The Balaban J connectivity index is 1.73. The second kappa shape index (κ2) is 16.3. The average Bonchev–Trinajstić information content (AvgIpc) is 2.95. The van der Waals surface area contributed by atoms with Crippen LogP contribution in [-0.2, 0) is 44.1 Å². The Morgan fingerprint density at radius 2 is 0.949 bits per heavy atom. The van der Waals surface area contributed by atoms with Crippen molar-refractivity contribution in [1.29, 1.82) is 0 Å². The summed E-state index contributed by atoms with van der Waals surface area (Å²) in [6.07, 6.45) is 1.11. The molecule has 2 aromatic carbocycles. The molecule has 0 aliphatic rings. The molecule has 0 fully saturated rings. The number of carbonyl (C=O) groups is 4. The first-order chi connectivity index (χ1) is 18.7. The van der Waals surface area contributed by atoms with Gasteiger partial charge in [0.1, 0.15) is 11.5 Å². The van der Waals surface area contributed by atoms with E-state index in [1.54, 1.807) is 13.8 Å². The van der Waals surface area contributed by atoms with E-state index in [-0.39, 0.29) is 31.5 Å². The molecule has 0 saturated carbocycles. The van der Waals surface area contributed by atoms with E-state index in [4.69, 9.17) is 19.2 Å². The minimum atomic E-state index is -0.993. The van der Waals surface area contributed by atoms with Crippen molar-refractivity contribution < 1.29 is 48.2 Å². The van der Waals surface area contributed by atoms with E-state index in [0.29, 0.717) is 37.6 Å². The van der Waals surface area contributed by atoms with Gasteiger partial charge in [0, 0.05) is 31.1 Å². The Morgan fingerprint density at radius 1 is 0.590 bits per heavy atom. The second-order valence-corrected chi connectivity index (χ2v) is 9.02. The normalized spacial score (nSPS) is 11.0. The van der Waals surface area contributed by atoms with Gasteiger partial charge in [-0.2, -0.15) is 9.78 Å². The lowest BCUT2D eigenvalue weighted by Gasteiger charge is -2.26. The molecule has 0 radical (unpaired) electrons. The molecular formula is C29H36O10. The van der Waals surface area contributed by atoms with Gasteiger partial charge in [-0.25, -0.2) is 9.59 Å². The predicted molar refractivity (Wildman–Crippen MR) is 140 cm³/mol. The van der Waals surface area contributed by atoms with Crippen molar-refractivity contribution in [1.82, 2.24) is 0 Å². The van der Waals surface area contributed by atoms with Crippen LogP contribution in [0.5, 0.6) is 11.5 Å². The van der Waals surface area contributed by atoms with Gasteiger partial charge in [-0.15, -0.1) is 0 Å². The van der Waals surface area contributed by atoms with Gasteiger partial charge < -0.3 is 9.47 Å². The summed E-state index contributed by atoms with van der Waals surface area (Å²) in [5.41, 5.74) is 1.94. The summed E-state index contributed by atoms with van der Waals surface area (Å²) in [5, 5.41) is 0. The van der Waals surface area contributed by atoms with Crippen LogP contribution in [0.25, 0.3) is 0 Å². The third-order valence-electron chi connectivity index (χ3n) is 5.80. The number of ketones is 2. The summed E-state index contributed by atoms with van der Waals surface area (Å²) in [6.45, 7) is 8.36. The minimum absolute atomic E-state index is 0.0710. The summed E-state index contributed by atoms with van der Waals surface area (Å²) in [6, 6.07) is 15.6. The van der Waals surface area contributed by atoms with E-state index in [9.17, 15) is 19.2 Å². The fraction of sp³-hybridized carbons (Fsp3) is 0.448. The molecule has 0 bridgehead atoms. The summed E-state index contributed by atoms with van der Waals surface area (Å²) >= 11 is 0. The first kappa shape index (κ1) is 31.5. The molecule has 0 atom stereocenters. The first-order valence-corrected chi connectivity index (χ1v) is 12.9. The van der Waals surface area contributed by atoms with Crippen LogP contribution in [0.2, 0.25) is 0 Å². The minimum Gasteiger partial charge on any atom is -0.494 e. The number of carbonyl (C=O) groups excluding carboxylic acids is 4. The van der Waals surface area contributed by atoms with Crippen molar-refractivity contribution in [3.8, 4) is 11.5 Å². The van der Waals surface area contributed by atoms with Gasteiger partial charge in [0.25, 0.3) is 0 Å². The molecule has 212 valence electrons. The number of Topliss-reactive ketones (excluding diaryl/α,β-unsaturated/α-hetero) is 2. The average molecular weight is 545 g/mol. The lowest BCUT2D eigenvalue weighted by atomic mass is 9.78. The zero-order valence-corrected chi connectivity index (χ0v) is 22.9. The van der Waals surface area contributed by atoms with Crippen molar-refractivity contribution in [2.24, 2.45) is 0 Å². The Hall–Kier alpha value is -3.76. The van der Waals surface area contributed by atoms with Crippen LogP contribution >= 0.6 is 0 Å². The molecule has 0 N–H and O–H groups in total. The standard InChI is InChI=1S/C29H36O10/c1-5-25(30)27(32)38-36-19-7-17-34-23-13-9-21(10-14-23)29(3,4)22-11-15-24(16-12-22)35-18-8-20-37-39-28(33)26(31)6-2/h9-16H,5-8,17-20H2,1-4H3. The fourth-order valence-corrected chi connectivity index (χ4v) is 3.29. The van der Waals surface area contributed by atoms with E-state index in [1.165, 1.54) is 0 Å². The van der Waals surface area contributed by atoms with Crippen LogP contribution in [0.3, 0.4) is 0 Å². The van der Waals surface area contributed by atoms with E-state index in [0.717, 1.165) is 11.1 Å². The molecule has 0 spiro atoms. The molecule has 2 aromatic rings. The van der Waals surface area contributed by atoms with Gasteiger partial charge in [-0.3, -0.25) is 19.4 Å². The highest BCUT2D eigenvalue weighted by atomic mass is 17.2. The third-order valence-corrected chi connectivity index (χ3v) is 5.80. The summed E-state index contributed by atoms with van der Waals surface area (Å²) in [5.74, 6) is -1.85. The maximum Gasteiger partial charge on any atom is 0.408 e. The summed E-state index contributed by atoms with van der Waals surface area (Å²) in [7, 11) is 0. The molecule has 10 nitrogen and oxygen atoms in total. The Bertz CT molecular complexity index is 989. The first-order valence-electron chi connectivity index (χ1n) is 12.9. The topological polar surface area (TPSA) is 124 Å². The molecule has 39 heavy (non-hydrogen) atoms. The molecule has 0 amide bonds. The van der Waals surface area contributed by atoms with Crippen LogP contribution in [0.4, 0.5) is 0 Å². The molecule has 0 unspecified atom stereocenters. The smallest absolute Gasteiger partial charge is 0.408 e. The third kappa shape index (κ3) is 10.5. The Kier molecular flexibility index (Phi) is 13.1. The summed E-state index contributed by atoms with van der Waals surface area (Å²) < 4.78 is 11.4. The van der Waals surface area contributed by atoms with Gasteiger partial charge in [-0.1, -0.05) is 52.0 Å². The molecule has 0 heterocycles. The van der Waals surface area contributed by atoms with Crippen LogP contribution in [0.1, 0.15) is 64.5 Å². The van der Waals surface area contributed by atoms with Crippen LogP contribution in [-0.4, -0.2) is 49.9 Å². The van der Waals surface area contributed by atoms with Crippen LogP contribution < -0.4 is 9.47 Å². The highest BCUT2D eigenvalue weighted by Crippen LogP contribution is 2.33. The number of ether oxygens (including phenoxy) is 2. The molecule has 2 rings (SSSR count). The van der Waals surface area contributed by atoms with Crippen molar-refractivity contribution in [2.75, 3.05) is 26.4 Å². The van der Waals surface area contributed by atoms with E-state index < -0.39 is 23.5 Å². The number of benzene rings is 2. The number of hydrogen-bond acceptors (Lipinski definition) is 10. The lowest BCUT2D eigenvalue weighted by Crippen LogP contribution is -2.19. The van der Waals surface area contributed by atoms with Gasteiger partial charge in [0.2, 0.25) is 11.6 Å². The monoisotopic (exact) mass is 544 g/mol. The van der Waals surface area contributed by atoms with E-state index >= 15 is 0 Å². The predicted octanol–water partition coefficient (Wildman–Crippen LogP) is 4.46. The SMILES string of the molecule is CCC(=O)C(=O)OOCCCOc1ccc(C(C)(C)c2ccc(OCCCOOC(=O)C(=O)CC)cc2)cc1. The molecule has 10 heteroatoms. The Labute approximate surface area is 228 Å². The summed E-state index contributed by atoms with van der Waals surface area (Å²) in [4.78, 5) is 63.0. The lowest BCUT2D eigenvalue weighted by molar-refractivity contribution is -0.270. The highest BCUT2D eigenvalue weighted by molar-refractivity contribution is 6.33. The maximum atomic E-state index is 11.2. The fourth-order valence-electron chi connectivity index (χ4n) is 3.29. The number of hydrogen-bond donors (Lipinski definition) is 0. The van der Waals surface area contributed by atoms with Crippen molar-refractivity contribution in [2.45, 2.75) is 58.8 Å². The van der Waals surface area contributed by atoms with Gasteiger partial charge in [0.05, 0.1) is 26.4 Å². The number of rotatable bonds is 18. The van der Waals surface area contributed by atoms with Crippen LogP contribution in [0, 0.1) is 0 Å². The Morgan fingerprint density at radius 3 is 1.28 bits per heavy atom.